The van der Waals surface area contributed by atoms with Gasteiger partial charge in [-0.2, -0.15) is 5.26 Å². The second-order valence-electron chi connectivity index (χ2n) is 2.38. The van der Waals surface area contributed by atoms with Crippen molar-refractivity contribution in [2.75, 3.05) is 6.61 Å². The van der Waals surface area contributed by atoms with Gasteiger partial charge >= 0.3 is 6.09 Å². The maximum Gasteiger partial charge on any atom is 0.404 e. The zero-order valence-corrected chi connectivity index (χ0v) is 6.66. The van der Waals surface area contributed by atoms with Crippen LogP contribution in [0.2, 0.25) is 0 Å². The highest BCUT2D eigenvalue weighted by Crippen LogP contribution is 1.99. The van der Waals surface area contributed by atoms with Gasteiger partial charge in [0.25, 0.3) is 0 Å². The molecular formula is C7H12N2O3. The average molecular weight is 172 g/mol. The van der Waals surface area contributed by atoms with Gasteiger partial charge in [-0.05, 0) is 12.8 Å². The first-order valence-electron chi connectivity index (χ1n) is 3.68. The lowest BCUT2D eigenvalue weighted by Gasteiger charge is -2.12. The number of nitrogens with zero attached hydrogens (tertiary/aromatic N) is 1. The standard InChI is InChI=1S/C7H12N2O3/c8-4-2-1-3-6(5-10)9-7(11)12/h6,9-10H,1-3,5H2,(H,11,12). The van der Waals surface area contributed by atoms with Crippen molar-refractivity contribution >= 4 is 6.09 Å². The fourth-order valence-corrected chi connectivity index (χ4v) is 0.811. The summed E-state index contributed by atoms with van der Waals surface area (Å²) < 4.78 is 0. The summed E-state index contributed by atoms with van der Waals surface area (Å²) >= 11 is 0. The highest BCUT2D eigenvalue weighted by molar-refractivity contribution is 5.64. The number of hydrogen-bond acceptors (Lipinski definition) is 3. The third-order valence-corrected chi connectivity index (χ3v) is 1.39. The molecule has 0 saturated heterocycles. The Kier molecular flexibility index (Phi) is 5.75. The molecule has 1 amide bonds. The van der Waals surface area contributed by atoms with E-state index < -0.39 is 12.1 Å². The molecule has 0 aromatic heterocycles. The molecule has 0 aliphatic carbocycles. The van der Waals surface area contributed by atoms with Gasteiger partial charge < -0.3 is 15.5 Å². The quantitative estimate of drug-likeness (QED) is 0.520. The van der Waals surface area contributed by atoms with Crippen molar-refractivity contribution in [3.8, 4) is 6.07 Å². The lowest BCUT2D eigenvalue weighted by Crippen LogP contribution is -2.36. The van der Waals surface area contributed by atoms with Crippen molar-refractivity contribution in [3.63, 3.8) is 0 Å². The number of nitriles is 1. The molecule has 1 atom stereocenters. The molecule has 5 heteroatoms. The third kappa shape index (κ3) is 5.50. The summed E-state index contributed by atoms with van der Waals surface area (Å²) in [6, 6.07) is 1.50. The fourth-order valence-electron chi connectivity index (χ4n) is 0.811. The van der Waals surface area contributed by atoms with E-state index in [0.717, 1.165) is 0 Å². The van der Waals surface area contributed by atoms with Crippen LogP contribution in [-0.2, 0) is 0 Å². The molecule has 3 N–H and O–H groups in total. The molecule has 68 valence electrons. The van der Waals surface area contributed by atoms with Crippen molar-refractivity contribution in [2.45, 2.75) is 25.3 Å². The maximum absolute atomic E-state index is 10.1. The second-order valence-corrected chi connectivity index (χ2v) is 2.38. The van der Waals surface area contributed by atoms with Crippen LogP contribution in [0.1, 0.15) is 19.3 Å². The summed E-state index contributed by atoms with van der Waals surface area (Å²) in [6.07, 6.45) is 0.335. The van der Waals surface area contributed by atoms with E-state index in [-0.39, 0.29) is 6.61 Å². The van der Waals surface area contributed by atoms with Gasteiger partial charge in [-0.1, -0.05) is 0 Å². The Morgan fingerprint density at radius 2 is 2.33 bits per heavy atom. The summed E-state index contributed by atoms with van der Waals surface area (Å²) in [6.45, 7) is -0.224. The van der Waals surface area contributed by atoms with E-state index in [4.69, 9.17) is 15.5 Å². The molecule has 0 bridgehead atoms. The SMILES string of the molecule is N#CCCCC(CO)NC(=O)O. The monoisotopic (exact) mass is 172 g/mol. The van der Waals surface area contributed by atoms with Crippen LogP contribution >= 0.6 is 0 Å². The average Bonchev–Trinajstić information content (AvgIpc) is 2.02. The van der Waals surface area contributed by atoms with Gasteiger partial charge in [-0.3, -0.25) is 0 Å². The van der Waals surface area contributed by atoms with E-state index >= 15 is 0 Å². The number of carbonyl (C=O) groups is 1. The Bertz CT molecular complexity index is 176. The van der Waals surface area contributed by atoms with Crippen molar-refractivity contribution in [1.82, 2.24) is 5.32 Å². The van der Waals surface area contributed by atoms with Crippen LogP contribution in [0.3, 0.4) is 0 Å². The zero-order chi connectivity index (χ0) is 9.40. The number of carboxylic acid groups (broad SMARTS) is 1. The predicted molar refractivity (Wildman–Crippen MR) is 41.5 cm³/mol. The summed E-state index contributed by atoms with van der Waals surface area (Å²) in [5.74, 6) is 0. The molecule has 0 spiro atoms. The lowest BCUT2D eigenvalue weighted by atomic mass is 10.1. The normalized spacial score (nSPS) is 11.7. The predicted octanol–water partition coefficient (Wildman–Crippen LogP) is 0.309. The zero-order valence-electron chi connectivity index (χ0n) is 6.66. The van der Waals surface area contributed by atoms with Crippen LogP contribution in [-0.4, -0.2) is 29.0 Å². The van der Waals surface area contributed by atoms with Crippen LogP contribution in [0.4, 0.5) is 4.79 Å². The van der Waals surface area contributed by atoms with Crippen molar-refractivity contribution in [1.29, 1.82) is 5.26 Å². The van der Waals surface area contributed by atoms with Crippen LogP contribution in [0.15, 0.2) is 0 Å². The van der Waals surface area contributed by atoms with Gasteiger partial charge in [0.15, 0.2) is 0 Å². The summed E-state index contributed by atoms with van der Waals surface area (Å²) in [7, 11) is 0. The van der Waals surface area contributed by atoms with Gasteiger partial charge in [-0.25, -0.2) is 4.79 Å². The first-order chi connectivity index (χ1) is 5.70. The molecule has 0 aliphatic rings. The number of unbranched alkanes of at least 4 members (excludes halogenated alkanes) is 1. The van der Waals surface area contributed by atoms with Crippen LogP contribution in [0.5, 0.6) is 0 Å². The molecule has 1 unspecified atom stereocenters. The number of aliphatic hydroxyl groups excluding tert-OH is 1. The molecule has 0 fully saturated rings. The van der Waals surface area contributed by atoms with Gasteiger partial charge in [0.05, 0.1) is 18.7 Å². The molecule has 0 aromatic carbocycles. The molecule has 0 aromatic rings. The maximum atomic E-state index is 10.1. The topological polar surface area (TPSA) is 93.4 Å². The lowest BCUT2D eigenvalue weighted by molar-refractivity contribution is 0.175. The highest BCUT2D eigenvalue weighted by atomic mass is 16.4. The molecule has 12 heavy (non-hydrogen) atoms. The summed E-state index contributed by atoms with van der Waals surface area (Å²) in [5.41, 5.74) is 0. The van der Waals surface area contributed by atoms with Crippen LogP contribution in [0, 0.1) is 11.3 Å². The number of amides is 1. The minimum atomic E-state index is -1.15. The smallest absolute Gasteiger partial charge is 0.404 e. The van der Waals surface area contributed by atoms with Gasteiger partial charge in [0.1, 0.15) is 0 Å². The van der Waals surface area contributed by atoms with Gasteiger partial charge in [-0.15, -0.1) is 0 Å². The van der Waals surface area contributed by atoms with Crippen molar-refractivity contribution in [2.24, 2.45) is 0 Å². The minimum Gasteiger partial charge on any atom is -0.465 e. The second kappa shape index (κ2) is 6.43. The Morgan fingerprint density at radius 1 is 1.67 bits per heavy atom. The summed E-state index contributed by atoms with van der Waals surface area (Å²) in [5, 5.41) is 27.3. The van der Waals surface area contributed by atoms with E-state index in [1.165, 1.54) is 0 Å². The molecule has 0 aliphatic heterocycles. The van der Waals surface area contributed by atoms with Crippen molar-refractivity contribution < 1.29 is 15.0 Å². The fraction of sp³-hybridized carbons (Fsp3) is 0.714. The van der Waals surface area contributed by atoms with E-state index in [9.17, 15) is 4.79 Å². The van der Waals surface area contributed by atoms with E-state index in [0.29, 0.717) is 19.3 Å². The molecule has 0 radical (unpaired) electrons. The molecule has 0 rings (SSSR count). The van der Waals surface area contributed by atoms with Crippen molar-refractivity contribution in [3.05, 3.63) is 0 Å². The van der Waals surface area contributed by atoms with E-state index in [1.54, 1.807) is 0 Å². The Labute approximate surface area is 70.6 Å². The first-order valence-corrected chi connectivity index (χ1v) is 3.68. The third-order valence-electron chi connectivity index (χ3n) is 1.39. The molecule has 5 nitrogen and oxygen atoms in total. The molecular weight excluding hydrogens is 160 g/mol. The Balaban J connectivity index is 3.54. The highest BCUT2D eigenvalue weighted by Gasteiger charge is 2.08. The first kappa shape index (κ1) is 10.7. The number of aliphatic hydroxyl groups is 1. The molecule has 0 heterocycles. The Morgan fingerprint density at radius 3 is 2.75 bits per heavy atom. The minimum absolute atomic E-state index is 0.224. The largest absolute Gasteiger partial charge is 0.465 e. The Hall–Kier alpha value is -1.28. The van der Waals surface area contributed by atoms with Crippen LogP contribution < -0.4 is 5.32 Å². The summed E-state index contributed by atoms with van der Waals surface area (Å²) in [4.78, 5) is 10.1. The van der Waals surface area contributed by atoms with Gasteiger partial charge in [0, 0.05) is 6.42 Å². The van der Waals surface area contributed by atoms with Crippen LogP contribution in [0.25, 0.3) is 0 Å². The number of rotatable bonds is 5. The molecule has 0 saturated carbocycles. The number of hydrogen-bond donors (Lipinski definition) is 3. The van der Waals surface area contributed by atoms with E-state index in [2.05, 4.69) is 5.32 Å². The van der Waals surface area contributed by atoms with E-state index in [1.807, 2.05) is 6.07 Å². The number of nitrogens with one attached hydrogen (secondary N) is 1. The van der Waals surface area contributed by atoms with Gasteiger partial charge in [0.2, 0.25) is 0 Å².